The van der Waals surface area contributed by atoms with Crippen molar-refractivity contribution in [2.45, 2.75) is 38.4 Å². The standard InChI is InChI=1S/C19H25N5O3/c1-22-17(25)8-12-23(19(22)27)14-18(26)24(13-15-5-2-3-10-21-15)16-6-4-9-20-11-7-16/h2-3,5,8,10,12,16,20H,4,6-7,9,11,13-14H2,1H3. The van der Waals surface area contributed by atoms with E-state index in [-0.39, 0.29) is 24.1 Å². The van der Waals surface area contributed by atoms with Crippen molar-refractivity contribution >= 4 is 5.91 Å². The second-order valence-electron chi connectivity index (χ2n) is 6.80. The number of hydrogen-bond donors (Lipinski definition) is 1. The van der Waals surface area contributed by atoms with Gasteiger partial charge in [-0.05, 0) is 44.5 Å². The monoisotopic (exact) mass is 371 g/mol. The van der Waals surface area contributed by atoms with Crippen molar-refractivity contribution in [2.24, 2.45) is 7.05 Å². The first-order valence-electron chi connectivity index (χ1n) is 9.23. The van der Waals surface area contributed by atoms with Gasteiger partial charge in [0.25, 0.3) is 5.56 Å². The minimum absolute atomic E-state index is 0.0935. The molecule has 2 aromatic heterocycles. The molecule has 8 heteroatoms. The first kappa shape index (κ1) is 19.0. The molecule has 1 N–H and O–H groups in total. The number of amides is 1. The molecule has 3 heterocycles. The van der Waals surface area contributed by atoms with E-state index >= 15 is 0 Å². The summed E-state index contributed by atoms with van der Waals surface area (Å²) in [5.74, 6) is -0.145. The molecule has 144 valence electrons. The molecule has 1 amide bonds. The number of carbonyl (C=O) groups is 1. The first-order chi connectivity index (χ1) is 13.1. The van der Waals surface area contributed by atoms with Crippen molar-refractivity contribution in [3.05, 3.63) is 63.2 Å². The Morgan fingerprint density at radius 1 is 1.26 bits per heavy atom. The Morgan fingerprint density at radius 2 is 2.11 bits per heavy atom. The molecule has 0 aliphatic carbocycles. The molecule has 27 heavy (non-hydrogen) atoms. The highest BCUT2D eigenvalue weighted by Crippen LogP contribution is 2.17. The van der Waals surface area contributed by atoms with Crippen LogP contribution >= 0.6 is 0 Å². The lowest BCUT2D eigenvalue weighted by atomic mass is 10.1. The first-order valence-corrected chi connectivity index (χ1v) is 9.23. The summed E-state index contributed by atoms with van der Waals surface area (Å²) in [7, 11) is 1.41. The molecule has 1 saturated heterocycles. The highest BCUT2D eigenvalue weighted by Gasteiger charge is 2.25. The van der Waals surface area contributed by atoms with Gasteiger partial charge >= 0.3 is 5.69 Å². The lowest BCUT2D eigenvalue weighted by Crippen LogP contribution is -2.45. The van der Waals surface area contributed by atoms with E-state index in [9.17, 15) is 14.4 Å². The van der Waals surface area contributed by atoms with Gasteiger partial charge in [0, 0.05) is 31.5 Å². The van der Waals surface area contributed by atoms with Crippen LogP contribution in [0.4, 0.5) is 0 Å². The quantitative estimate of drug-likeness (QED) is 0.806. The molecule has 8 nitrogen and oxygen atoms in total. The van der Waals surface area contributed by atoms with E-state index in [0.29, 0.717) is 6.54 Å². The highest BCUT2D eigenvalue weighted by molar-refractivity contribution is 5.76. The molecule has 1 aliphatic heterocycles. The molecule has 0 radical (unpaired) electrons. The largest absolute Gasteiger partial charge is 0.332 e. The maximum absolute atomic E-state index is 13.1. The second kappa shape index (κ2) is 8.77. The van der Waals surface area contributed by atoms with Crippen LogP contribution in [0.25, 0.3) is 0 Å². The van der Waals surface area contributed by atoms with Crippen LogP contribution in [0.15, 0.2) is 46.2 Å². The second-order valence-corrected chi connectivity index (χ2v) is 6.80. The topological polar surface area (TPSA) is 89.2 Å². The smallest absolute Gasteiger partial charge is 0.331 e. The van der Waals surface area contributed by atoms with Crippen LogP contribution in [0.3, 0.4) is 0 Å². The molecule has 1 atom stereocenters. The minimum Gasteiger partial charge on any atom is -0.332 e. The van der Waals surface area contributed by atoms with Gasteiger partial charge in [-0.25, -0.2) is 4.79 Å². The van der Waals surface area contributed by atoms with Crippen LogP contribution < -0.4 is 16.6 Å². The van der Waals surface area contributed by atoms with Gasteiger partial charge in [-0.1, -0.05) is 6.07 Å². The molecular formula is C19H25N5O3. The summed E-state index contributed by atoms with van der Waals surface area (Å²) in [6.45, 7) is 2.12. The minimum atomic E-state index is -0.490. The fraction of sp³-hybridized carbons (Fsp3) is 0.474. The van der Waals surface area contributed by atoms with Crippen LogP contribution in [-0.2, 0) is 24.9 Å². The van der Waals surface area contributed by atoms with E-state index in [2.05, 4.69) is 10.3 Å². The normalized spacial score (nSPS) is 17.3. The van der Waals surface area contributed by atoms with Gasteiger partial charge < -0.3 is 10.2 Å². The third-order valence-corrected chi connectivity index (χ3v) is 4.93. The van der Waals surface area contributed by atoms with Crippen molar-refractivity contribution < 1.29 is 4.79 Å². The number of nitrogens with one attached hydrogen (secondary N) is 1. The zero-order valence-corrected chi connectivity index (χ0v) is 15.5. The molecule has 3 rings (SSSR count). The lowest BCUT2D eigenvalue weighted by Gasteiger charge is -2.31. The van der Waals surface area contributed by atoms with E-state index in [1.165, 1.54) is 23.9 Å². The molecule has 1 aliphatic rings. The lowest BCUT2D eigenvalue weighted by molar-refractivity contribution is -0.135. The number of nitrogens with zero attached hydrogens (tertiary/aromatic N) is 4. The Bertz CT molecular complexity index is 882. The molecule has 2 aromatic rings. The molecule has 0 aromatic carbocycles. The summed E-state index contributed by atoms with van der Waals surface area (Å²) in [5, 5.41) is 3.36. The van der Waals surface area contributed by atoms with Crippen LogP contribution in [0.2, 0.25) is 0 Å². The summed E-state index contributed by atoms with van der Waals surface area (Å²) in [4.78, 5) is 43.1. The van der Waals surface area contributed by atoms with E-state index in [4.69, 9.17) is 0 Å². The third-order valence-electron chi connectivity index (χ3n) is 4.93. The summed E-state index contributed by atoms with van der Waals surface area (Å²) >= 11 is 0. The average molecular weight is 371 g/mol. The van der Waals surface area contributed by atoms with Gasteiger partial charge in [0.05, 0.1) is 12.2 Å². The predicted molar refractivity (Wildman–Crippen MR) is 101 cm³/mol. The fourth-order valence-corrected chi connectivity index (χ4v) is 3.37. The molecule has 1 unspecified atom stereocenters. The van der Waals surface area contributed by atoms with Gasteiger partial charge in [0.15, 0.2) is 0 Å². The number of rotatable bonds is 5. The van der Waals surface area contributed by atoms with Crippen LogP contribution in [-0.4, -0.2) is 44.1 Å². The zero-order chi connectivity index (χ0) is 19.2. The molecule has 0 spiro atoms. The Labute approximate surface area is 157 Å². The van der Waals surface area contributed by atoms with Gasteiger partial charge in [-0.2, -0.15) is 0 Å². The van der Waals surface area contributed by atoms with Crippen LogP contribution in [0.5, 0.6) is 0 Å². The number of carbonyl (C=O) groups excluding carboxylic acids is 1. The van der Waals surface area contributed by atoms with Gasteiger partial charge in [0.2, 0.25) is 5.91 Å². The fourth-order valence-electron chi connectivity index (χ4n) is 3.37. The summed E-state index contributed by atoms with van der Waals surface area (Å²) < 4.78 is 2.29. The Kier molecular flexibility index (Phi) is 6.18. The van der Waals surface area contributed by atoms with Crippen molar-refractivity contribution in [1.82, 2.24) is 24.3 Å². The average Bonchev–Trinajstić information content (AvgIpc) is 2.96. The molecular weight excluding hydrogens is 346 g/mol. The van der Waals surface area contributed by atoms with Crippen molar-refractivity contribution in [3.63, 3.8) is 0 Å². The predicted octanol–water partition coefficient (Wildman–Crippen LogP) is 0.113. The van der Waals surface area contributed by atoms with Gasteiger partial charge in [-0.3, -0.25) is 23.7 Å². The van der Waals surface area contributed by atoms with Crippen LogP contribution in [0.1, 0.15) is 25.0 Å². The molecule has 0 bridgehead atoms. The zero-order valence-electron chi connectivity index (χ0n) is 15.5. The highest BCUT2D eigenvalue weighted by atomic mass is 16.2. The maximum Gasteiger partial charge on any atom is 0.331 e. The maximum atomic E-state index is 13.1. The van der Waals surface area contributed by atoms with Crippen LogP contribution in [0, 0.1) is 0 Å². The van der Waals surface area contributed by atoms with Gasteiger partial charge in [-0.15, -0.1) is 0 Å². The summed E-state index contributed by atoms with van der Waals surface area (Å²) in [5.41, 5.74) is -0.0593. The third kappa shape index (κ3) is 4.71. The van der Waals surface area contributed by atoms with Crippen molar-refractivity contribution in [3.8, 4) is 0 Å². The SMILES string of the molecule is Cn1c(=O)ccn(CC(=O)N(Cc2ccccn2)C2CCCNCC2)c1=O. The summed E-state index contributed by atoms with van der Waals surface area (Å²) in [6, 6.07) is 7.03. The van der Waals surface area contributed by atoms with Gasteiger partial charge in [0.1, 0.15) is 6.54 Å². The van der Waals surface area contributed by atoms with Crippen molar-refractivity contribution in [2.75, 3.05) is 13.1 Å². The number of hydrogen-bond acceptors (Lipinski definition) is 5. The van der Waals surface area contributed by atoms with Crippen molar-refractivity contribution in [1.29, 1.82) is 0 Å². The van der Waals surface area contributed by atoms with E-state index in [1.807, 2.05) is 23.1 Å². The van der Waals surface area contributed by atoms with E-state index < -0.39 is 5.69 Å². The van der Waals surface area contributed by atoms with E-state index in [0.717, 1.165) is 42.6 Å². The van der Waals surface area contributed by atoms with E-state index in [1.54, 1.807) is 6.20 Å². The number of pyridine rings is 1. The Balaban J connectivity index is 1.84. The summed E-state index contributed by atoms with van der Waals surface area (Å²) in [6.07, 6.45) is 5.87. The number of aromatic nitrogens is 3. The Hall–Kier alpha value is -2.74. The molecule has 0 saturated carbocycles. The Morgan fingerprint density at radius 3 is 2.89 bits per heavy atom. The molecule has 1 fully saturated rings.